The van der Waals surface area contributed by atoms with Crippen LogP contribution in [-0.2, 0) is 0 Å². The Labute approximate surface area is 309 Å². The third kappa shape index (κ3) is 5.07. The van der Waals surface area contributed by atoms with Gasteiger partial charge in [0.25, 0.3) is 0 Å². The van der Waals surface area contributed by atoms with Crippen LogP contribution in [0.25, 0.3) is 61.6 Å². The van der Waals surface area contributed by atoms with E-state index in [2.05, 4.69) is 111 Å². The second-order valence-corrected chi connectivity index (χ2v) is 14.4. The Morgan fingerprint density at radius 3 is 2.23 bits per heavy atom. The first-order valence-corrected chi connectivity index (χ1v) is 18.2. The maximum atomic E-state index is 11.7. The molecule has 0 spiro atoms. The SMILES string of the molecule is Cc1ccccc1-c1cccc(-c2cccc(-c3nc(-c4cccc(-c5cccc6c5OC5(C)CC=CC=C65)c4)nc4c3C3C=CC=CC3O4)c2)c1O. The van der Waals surface area contributed by atoms with E-state index >= 15 is 0 Å². The van der Waals surface area contributed by atoms with Gasteiger partial charge in [0.05, 0.1) is 17.2 Å². The lowest BCUT2D eigenvalue weighted by atomic mass is 9.85. The van der Waals surface area contributed by atoms with Crippen molar-refractivity contribution in [3.05, 3.63) is 168 Å². The third-order valence-corrected chi connectivity index (χ3v) is 11.0. The molecule has 0 fully saturated rings. The van der Waals surface area contributed by atoms with Crippen molar-refractivity contribution in [2.75, 3.05) is 0 Å². The molecule has 0 radical (unpaired) electrons. The number of benzene rings is 5. The van der Waals surface area contributed by atoms with Gasteiger partial charge >= 0.3 is 0 Å². The van der Waals surface area contributed by atoms with Crippen molar-refractivity contribution in [3.8, 4) is 73.4 Å². The Bertz CT molecular complexity index is 2610. The molecule has 4 aliphatic rings. The van der Waals surface area contributed by atoms with E-state index in [1.807, 2.05) is 54.6 Å². The van der Waals surface area contributed by atoms with Crippen LogP contribution in [0.2, 0.25) is 0 Å². The molecule has 53 heavy (non-hydrogen) atoms. The highest BCUT2D eigenvalue weighted by Gasteiger charge is 2.41. The second-order valence-electron chi connectivity index (χ2n) is 14.4. The van der Waals surface area contributed by atoms with Gasteiger partial charge in [-0.15, -0.1) is 0 Å². The number of hydrogen-bond donors (Lipinski definition) is 1. The molecule has 0 saturated carbocycles. The van der Waals surface area contributed by atoms with Crippen LogP contribution in [0.5, 0.6) is 17.4 Å². The second kappa shape index (κ2) is 12.1. The standard InChI is InChI=1S/C48H36N2O3/c1-29-13-3-4-18-34(29)37-22-11-20-35(44(37)51)30-14-9-16-32(27-30)43-42-39-19-5-6-25-41(39)52-47(42)50-46(49-43)33-17-10-15-31(28-33)36-21-12-23-38-40-24-7-8-26-48(40,2)53-45(36)38/h3-25,27-28,39,41,51H,26H2,1-2H3. The number of fused-ring (bicyclic) bond motifs is 6. The summed E-state index contributed by atoms with van der Waals surface area (Å²) in [7, 11) is 0. The van der Waals surface area contributed by atoms with Gasteiger partial charge in [0.15, 0.2) is 5.82 Å². The smallest absolute Gasteiger partial charge is 0.222 e. The van der Waals surface area contributed by atoms with Gasteiger partial charge in [-0.3, -0.25) is 0 Å². The minimum atomic E-state index is -0.368. The molecule has 2 aliphatic heterocycles. The highest BCUT2D eigenvalue weighted by molar-refractivity contribution is 5.89. The molecule has 3 heterocycles. The predicted octanol–water partition coefficient (Wildman–Crippen LogP) is 11.3. The lowest BCUT2D eigenvalue weighted by Crippen LogP contribution is -2.29. The average molecular weight is 689 g/mol. The number of aryl methyl sites for hydroxylation is 1. The number of para-hydroxylation sites is 2. The number of rotatable bonds is 5. The molecule has 2 aliphatic carbocycles. The summed E-state index contributed by atoms with van der Waals surface area (Å²) in [6.45, 7) is 4.23. The number of aromatic nitrogens is 2. The van der Waals surface area contributed by atoms with E-state index < -0.39 is 0 Å². The minimum absolute atomic E-state index is 0.00965. The van der Waals surface area contributed by atoms with Gasteiger partial charge in [-0.2, -0.15) is 4.98 Å². The molecule has 10 rings (SSSR count). The summed E-state index contributed by atoms with van der Waals surface area (Å²) >= 11 is 0. The number of ether oxygens (including phenoxy) is 2. The van der Waals surface area contributed by atoms with Gasteiger partial charge < -0.3 is 14.6 Å². The van der Waals surface area contributed by atoms with Gasteiger partial charge in [0, 0.05) is 45.4 Å². The first-order valence-electron chi connectivity index (χ1n) is 18.2. The normalized spacial score (nSPS) is 20.2. The highest BCUT2D eigenvalue weighted by Crippen LogP contribution is 2.52. The topological polar surface area (TPSA) is 64.5 Å². The molecule has 0 saturated heterocycles. The summed E-state index contributed by atoms with van der Waals surface area (Å²) in [4.78, 5) is 10.4. The molecule has 1 aromatic heterocycles. The summed E-state index contributed by atoms with van der Waals surface area (Å²) in [5.74, 6) is 2.34. The van der Waals surface area contributed by atoms with E-state index in [9.17, 15) is 5.11 Å². The number of allylic oxidation sites excluding steroid dienone is 4. The molecule has 6 aromatic rings. The maximum absolute atomic E-state index is 11.7. The minimum Gasteiger partial charge on any atom is -0.507 e. The van der Waals surface area contributed by atoms with Gasteiger partial charge in [-0.05, 0) is 54.3 Å². The predicted molar refractivity (Wildman–Crippen MR) is 212 cm³/mol. The van der Waals surface area contributed by atoms with Gasteiger partial charge in [-0.25, -0.2) is 4.98 Å². The van der Waals surface area contributed by atoms with E-state index in [1.54, 1.807) is 0 Å². The fraction of sp³-hybridized carbons (Fsp3) is 0.125. The van der Waals surface area contributed by atoms with E-state index in [1.165, 1.54) is 5.57 Å². The van der Waals surface area contributed by atoms with E-state index in [-0.39, 0.29) is 23.4 Å². The Hall–Kier alpha value is -6.46. The van der Waals surface area contributed by atoms with E-state index in [4.69, 9.17) is 19.4 Å². The molecular formula is C48H36N2O3. The first-order chi connectivity index (χ1) is 25.9. The van der Waals surface area contributed by atoms with Gasteiger partial charge in [0.1, 0.15) is 23.2 Å². The lowest BCUT2D eigenvalue weighted by Gasteiger charge is -2.26. The Morgan fingerprint density at radius 1 is 0.679 bits per heavy atom. The van der Waals surface area contributed by atoms with Crippen molar-refractivity contribution >= 4 is 5.57 Å². The molecule has 5 heteroatoms. The first kappa shape index (κ1) is 31.3. The van der Waals surface area contributed by atoms with Crippen molar-refractivity contribution in [3.63, 3.8) is 0 Å². The maximum Gasteiger partial charge on any atom is 0.222 e. The van der Waals surface area contributed by atoms with E-state index in [0.29, 0.717) is 11.7 Å². The molecule has 3 unspecified atom stereocenters. The number of phenols is 1. The Kier molecular flexibility index (Phi) is 7.12. The fourth-order valence-corrected chi connectivity index (χ4v) is 8.33. The van der Waals surface area contributed by atoms with Crippen molar-refractivity contribution < 1.29 is 14.6 Å². The van der Waals surface area contributed by atoms with Gasteiger partial charge in [-0.1, -0.05) is 134 Å². The number of hydrogen-bond acceptors (Lipinski definition) is 5. The van der Waals surface area contributed by atoms with Crippen LogP contribution >= 0.6 is 0 Å². The lowest BCUT2D eigenvalue weighted by molar-refractivity contribution is 0.171. The van der Waals surface area contributed by atoms with Crippen LogP contribution in [0.4, 0.5) is 0 Å². The quantitative estimate of drug-likeness (QED) is 0.195. The van der Waals surface area contributed by atoms with Crippen LogP contribution in [0.3, 0.4) is 0 Å². The molecule has 0 bridgehead atoms. The summed E-state index contributed by atoms with van der Waals surface area (Å²) in [6.07, 6.45) is 15.5. The van der Waals surface area contributed by atoms with Crippen LogP contribution in [0, 0.1) is 6.92 Å². The molecule has 1 N–H and O–H groups in total. The third-order valence-electron chi connectivity index (χ3n) is 11.0. The number of phenolic OH excluding ortho intramolecular Hbond substituents is 1. The van der Waals surface area contributed by atoms with E-state index in [0.717, 1.165) is 79.1 Å². The molecule has 5 nitrogen and oxygen atoms in total. The number of nitrogens with zero attached hydrogens (tertiary/aromatic N) is 2. The van der Waals surface area contributed by atoms with Crippen molar-refractivity contribution in [1.29, 1.82) is 0 Å². The van der Waals surface area contributed by atoms with Crippen LogP contribution in [0.15, 0.2) is 152 Å². The summed E-state index contributed by atoms with van der Waals surface area (Å²) in [5.41, 5.74) is 12.3. The zero-order chi connectivity index (χ0) is 35.7. The summed E-state index contributed by atoms with van der Waals surface area (Å²) < 4.78 is 13.2. The molecular weight excluding hydrogens is 653 g/mol. The fourth-order valence-electron chi connectivity index (χ4n) is 8.33. The molecule has 5 aromatic carbocycles. The molecule has 3 atom stereocenters. The monoisotopic (exact) mass is 688 g/mol. The van der Waals surface area contributed by atoms with Crippen molar-refractivity contribution in [1.82, 2.24) is 9.97 Å². The van der Waals surface area contributed by atoms with Crippen molar-refractivity contribution in [2.45, 2.75) is 37.9 Å². The van der Waals surface area contributed by atoms with Crippen LogP contribution in [0.1, 0.15) is 36.0 Å². The molecule has 0 amide bonds. The van der Waals surface area contributed by atoms with Crippen LogP contribution in [-0.4, -0.2) is 26.8 Å². The largest absolute Gasteiger partial charge is 0.507 e. The molecule has 256 valence electrons. The highest BCUT2D eigenvalue weighted by atomic mass is 16.5. The number of aromatic hydroxyl groups is 1. The Morgan fingerprint density at radius 2 is 1.36 bits per heavy atom. The summed E-state index contributed by atoms with van der Waals surface area (Å²) in [6, 6.07) is 37.1. The Balaban J connectivity index is 1.09. The average Bonchev–Trinajstić information content (AvgIpc) is 3.73. The zero-order valence-corrected chi connectivity index (χ0v) is 29.5. The van der Waals surface area contributed by atoms with Crippen LogP contribution < -0.4 is 9.47 Å². The van der Waals surface area contributed by atoms with Crippen molar-refractivity contribution in [2.24, 2.45) is 0 Å². The zero-order valence-electron chi connectivity index (χ0n) is 29.5. The van der Waals surface area contributed by atoms with Gasteiger partial charge in [0.2, 0.25) is 5.88 Å². The summed E-state index contributed by atoms with van der Waals surface area (Å²) in [5, 5.41) is 11.7.